The fourth-order valence-electron chi connectivity index (χ4n) is 2.04. The summed E-state index contributed by atoms with van der Waals surface area (Å²) in [5.41, 5.74) is 3.19. The summed E-state index contributed by atoms with van der Waals surface area (Å²) >= 11 is 12.1. The van der Waals surface area contributed by atoms with Crippen LogP contribution >= 0.6 is 23.2 Å². The first-order valence-electron chi connectivity index (χ1n) is 7.38. The monoisotopic (exact) mass is 350 g/mol. The molecule has 0 radical (unpaired) electrons. The molecule has 0 fully saturated rings. The number of hydrogen-bond acceptors (Lipinski definition) is 2. The molecule has 0 aliphatic heterocycles. The van der Waals surface area contributed by atoms with Gasteiger partial charge >= 0.3 is 0 Å². The zero-order valence-electron chi connectivity index (χ0n) is 13.2. The molecule has 0 saturated carbocycles. The average Bonchev–Trinajstić information content (AvgIpc) is 2.54. The maximum Gasteiger partial charge on any atom is 0.191 e. The standard InChI is InChI=1S/C17H20Cl2N4/c1-12-3-4-13(10-22-12)7-8-21-17(20-2)23-11-14-5-6-15(18)9-16(14)19/h3-6,9-10H,7-8,11H2,1-2H3,(H2,20,21,23). The quantitative estimate of drug-likeness (QED) is 0.639. The van der Waals surface area contributed by atoms with Gasteiger partial charge in [0.25, 0.3) is 0 Å². The zero-order chi connectivity index (χ0) is 16.7. The molecule has 6 heteroatoms. The van der Waals surface area contributed by atoms with Gasteiger partial charge in [0.2, 0.25) is 0 Å². The molecule has 1 aromatic heterocycles. The van der Waals surface area contributed by atoms with Gasteiger partial charge < -0.3 is 10.6 Å². The fraction of sp³-hybridized carbons (Fsp3) is 0.294. The largest absolute Gasteiger partial charge is 0.356 e. The second-order valence-electron chi connectivity index (χ2n) is 5.15. The molecule has 2 N–H and O–H groups in total. The number of aliphatic imine (C=N–C) groups is 1. The molecule has 4 nitrogen and oxygen atoms in total. The molecule has 0 aliphatic rings. The maximum absolute atomic E-state index is 6.16. The van der Waals surface area contributed by atoms with E-state index in [-0.39, 0.29) is 0 Å². The van der Waals surface area contributed by atoms with Gasteiger partial charge in [0.05, 0.1) is 0 Å². The van der Waals surface area contributed by atoms with Gasteiger partial charge in [-0.3, -0.25) is 9.98 Å². The second kappa shape index (κ2) is 8.75. The lowest BCUT2D eigenvalue weighted by molar-refractivity contribution is 0.792. The van der Waals surface area contributed by atoms with E-state index in [0.29, 0.717) is 16.6 Å². The SMILES string of the molecule is CN=C(NCCc1ccc(C)nc1)NCc1ccc(Cl)cc1Cl. The molecule has 2 aromatic rings. The Morgan fingerprint density at radius 1 is 1.17 bits per heavy atom. The molecular formula is C17H20Cl2N4. The first-order chi connectivity index (χ1) is 11.1. The highest BCUT2D eigenvalue weighted by Crippen LogP contribution is 2.20. The number of nitrogens with one attached hydrogen (secondary N) is 2. The number of aryl methyl sites for hydroxylation is 1. The molecular weight excluding hydrogens is 331 g/mol. The highest BCUT2D eigenvalue weighted by atomic mass is 35.5. The third kappa shape index (κ3) is 5.73. The Balaban J connectivity index is 1.80. The van der Waals surface area contributed by atoms with Gasteiger partial charge in [0, 0.05) is 42.1 Å². The molecule has 0 spiro atoms. The van der Waals surface area contributed by atoms with Crippen LogP contribution in [-0.4, -0.2) is 24.5 Å². The van der Waals surface area contributed by atoms with Gasteiger partial charge in [0.15, 0.2) is 5.96 Å². The lowest BCUT2D eigenvalue weighted by Crippen LogP contribution is -2.37. The van der Waals surface area contributed by atoms with Crippen molar-refractivity contribution in [2.24, 2.45) is 4.99 Å². The molecule has 2 rings (SSSR count). The van der Waals surface area contributed by atoms with E-state index in [1.807, 2.05) is 31.3 Å². The van der Waals surface area contributed by atoms with Gasteiger partial charge in [-0.25, -0.2) is 0 Å². The molecule has 1 heterocycles. The highest BCUT2D eigenvalue weighted by molar-refractivity contribution is 6.35. The molecule has 122 valence electrons. The minimum atomic E-state index is 0.585. The Morgan fingerprint density at radius 2 is 2.00 bits per heavy atom. The van der Waals surface area contributed by atoms with Crippen LogP contribution in [0.3, 0.4) is 0 Å². The normalized spacial score (nSPS) is 11.4. The van der Waals surface area contributed by atoms with Crippen LogP contribution in [0.25, 0.3) is 0 Å². The molecule has 0 aliphatic carbocycles. The average molecular weight is 351 g/mol. The minimum Gasteiger partial charge on any atom is -0.356 e. The molecule has 0 saturated heterocycles. The topological polar surface area (TPSA) is 49.3 Å². The van der Waals surface area contributed by atoms with Crippen molar-refractivity contribution in [1.82, 2.24) is 15.6 Å². The highest BCUT2D eigenvalue weighted by Gasteiger charge is 2.03. The molecule has 0 amide bonds. The van der Waals surface area contributed by atoms with E-state index in [9.17, 15) is 0 Å². The predicted octanol–water partition coefficient (Wildman–Crippen LogP) is 3.60. The molecule has 1 aromatic carbocycles. The molecule has 0 unspecified atom stereocenters. The van der Waals surface area contributed by atoms with Crippen molar-refractivity contribution in [3.05, 3.63) is 63.4 Å². The number of rotatable bonds is 5. The summed E-state index contributed by atoms with van der Waals surface area (Å²) in [6.45, 7) is 3.34. The zero-order valence-corrected chi connectivity index (χ0v) is 14.7. The number of guanidine groups is 1. The maximum atomic E-state index is 6.16. The molecule has 23 heavy (non-hydrogen) atoms. The van der Waals surface area contributed by atoms with Crippen molar-refractivity contribution in [2.45, 2.75) is 19.9 Å². The van der Waals surface area contributed by atoms with E-state index in [1.54, 1.807) is 13.1 Å². The number of halogens is 2. The van der Waals surface area contributed by atoms with E-state index < -0.39 is 0 Å². The summed E-state index contributed by atoms with van der Waals surface area (Å²) in [6, 6.07) is 9.58. The lowest BCUT2D eigenvalue weighted by Gasteiger charge is -2.13. The summed E-state index contributed by atoms with van der Waals surface area (Å²) in [6.07, 6.45) is 2.79. The van der Waals surface area contributed by atoms with Crippen LogP contribution in [0.2, 0.25) is 10.0 Å². The van der Waals surface area contributed by atoms with E-state index in [0.717, 1.165) is 30.2 Å². The van der Waals surface area contributed by atoms with Gasteiger partial charge in [-0.2, -0.15) is 0 Å². The van der Waals surface area contributed by atoms with Crippen LogP contribution in [-0.2, 0) is 13.0 Å². The number of hydrogen-bond donors (Lipinski definition) is 2. The van der Waals surface area contributed by atoms with Crippen LogP contribution in [0.1, 0.15) is 16.8 Å². The van der Waals surface area contributed by atoms with Gasteiger partial charge in [-0.1, -0.05) is 35.3 Å². The van der Waals surface area contributed by atoms with Crippen molar-refractivity contribution < 1.29 is 0 Å². The van der Waals surface area contributed by atoms with Crippen molar-refractivity contribution in [2.75, 3.05) is 13.6 Å². The summed E-state index contributed by atoms with van der Waals surface area (Å²) in [5, 5.41) is 7.79. The molecule has 0 atom stereocenters. The third-order valence-electron chi connectivity index (χ3n) is 3.36. The van der Waals surface area contributed by atoms with Crippen molar-refractivity contribution >= 4 is 29.2 Å². The Morgan fingerprint density at radius 3 is 2.65 bits per heavy atom. The number of pyridine rings is 1. The van der Waals surface area contributed by atoms with Crippen LogP contribution in [0, 0.1) is 6.92 Å². The summed E-state index contributed by atoms with van der Waals surface area (Å²) in [5.74, 6) is 0.732. The summed E-state index contributed by atoms with van der Waals surface area (Å²) in [7, 11) is 1.74. The van der Waals surface area contributed by atoms with E-state index in [2.05, 4.69) is 26.7 Å². The Kier molecular flexibility index (Phi) is 6.68. The fourth-order valence-corrected chi connectivity index (χ4v) is 2.51. The lowest BCUT2D eigenvalue weighted by atomic mass is 10.2. The first-order valence-corrected chi connectivity index (χ1v) is 8.14. The van der Waals surface area contributed by atoms with Gasteiger partial charge in [-0.15, -0.1) is 0 Å². The van der Waals surface area contributed by atoms with Crippen LogP contribution < -0.4 is 10.6 Å². The van der Waals surface area contributed by atoms with Crippen LogP contribution in [0.4, 0.5) is 0 Å². The van der Waals surface area contributed by atoms with Crippen molar-refractivity contribution in [3.8, 4) is 0 Å². The van der Waals surface area contributed by atoms with E-state index in [1.165, 1.54) is 5.56 Å². The minimum absolute atomic E-state index is 0.585. The summed E-state index contributed by atoms with van der Waals surface area (Å²) < 4.78 is 0. The van der Waals surface area contributed by atoms with Crippen molar-refractivity contribution in [1.29, 1.82) is 0 Å². The van der Waals surface area contributed by atoms with Crippen LogP contribution in [0.15, 0.2) is 41.5 Å². The molecule has 0 bridgehead atoms. The summed E-state index contributed by atoms with van der Waals surface area (Å²) in [4.78, 5) is 8.50. The smallest absolute Gasteiger partial charge is 0.191 e. The Bertz CT molecular complexity index is 669. The van der Waals surface area contributed by atoms with E-state index >= 15 is 0 Å². The van der Waals surface area contributed by atoms with Gasteiger partial charge in [0.1, 0.15) is 0 Å². The number of benzene rings is 1. The third-order valence-corrected chi connectivity index (χ3v) is 3.95. The first kappa shape index (κ1) is 17.6. The number of aromatic nitrogens is 1. The van der Waals surface area contributed by atoms with Crippen LogP contribution in [0.5, 0.6) is 0 Å². The predicted molar refractivity (Wildman–Crippen MR) is 97.3 cm³/mol. The second-order valence-corrected chi connectivity index (χ2v) is 5.99. The number of nitrogens with zero attached hydrogens (tertiary/aromatic N) is 2. The van der Waals surface area contributed by atoms with Crippen molar-refractivity contribution in [3.63, 3.8) is 0 Å². The Hall–Kier alpha value is -1.78. The van der Waals surface area contributed by atoms with Gasteiger partial charge in [-0.05, 0) is 42.7 Å². The van der Waals surface area contributed by atoms with E-state index in [4.69, 9.17) is 23.2 Å². The Labute approximate surface area is 146 Å².